The molecule has 0 radical (unpaired) electrons. The lowest BCUT2D eigenvalue weighted by Gasteiger charge is -2.19. The van der Waals surface area contributed by atoms with Crippen molar-refractivity contribution < 1.29 is 0 Å². The molecule has 1 aromatic rings. The lowest BCUT2D eigenvalue weighted by atomic mass is 9.91. The van der Waals surface area contributed by atoms with Crippen molar-refractivity contribution in [3.63, 3.8) is 0 Å². The van der Waals surface area contributed by atoms with Crippen molar-refractivity contribution >= 4 is 0 Å². The Morgan fingerprint density at radius 2 is 2.19 bits per heavy atom. The SMILES string of the molecule is CC(CNC1CC1)C(C)Cc1cn(C)nn1. The number of hydrogen-bond donors (Lipinski definition) is 1. The van der Waals surface area contributed by atoms with Gasteiger partial charge in [0.15, 0.2) is 0 Å². The molecule has 1 saturated carbocycles. The van der Waals surface area contributed by atoms with Gasteiger partial charge in [0, 0.05) is 19.3 Å². The number of hydrogen-bond acceptors (Lipinski definition) is 3. The van der Waals surface area contributed by atoms with Crippen LogP contribution in [0.5, 0.6) is 0 Å². The number of nitrogens with zero attached hydrogens (tertiary/aromatic N) is 3. The molecular weight excluding hydrogens is 200 g/mol. The second-order valence-corrected chi connectivity index (χ2v) is 5.22. The smallest absolute Gasteiger partial charge is 0.0829 e. The van der Waals surface area contributed by atoms with E-state index in [1.807, 2.05) is 13.2 Å². The molecule has 0 bridgehead atoms. The van der Waals surface area contributed by atoms with Crippen molar-refractivity contribution in [1.29, 1.82) is 0 Å². The van der Waals surface area contributed by atoms with Gasteiger partial charge in [-0.15, -0.1) is 5.10 Å². The third kappa shape index (κ3) is 3.30. The van der Waals surface area contributed by atoms with Crippen LogP contribution in [0.4, 0.5) is 0 Å². The summed E-state index contributed by atoms with van der Waals surface area (Å²) in [5, 5.41) is 11.7. The van der Waals surface area contributed by atoms with Crippen LogP contribution in [0, 0.1) is 11.8 Å². The molecule has 2 atom stereocenters. The van der Waals surface area contributed by atoms with E-state index in [2.05, 4.69) is 29.5 Å². The largest absolute Gasteiger partial charge is 0.314 e. The van der Waals surface area contributed by atoms with E-state index in [0.29, 0.717) is 11.8 Å². The molecule has 0 aromatic carbocycles. The van der Waals surface area contributed by atoms with Crippen LogP contribution in [0.15, 0.2) is 6.20 Å². The van der Waals surface area contributed by atoms with Crippen LogP contribution in [0.1, 0.15) is 32.4 Å². The molecule has 1 aliphatic carbocycles. The van der Waals surface area contributed by atoms with Gasteiger partial charge in [-0.3, -0.25) is 4.68 Å². The summed E-state index contributed by atoms with van der Waals surface area (Å²) in [7, 11) is 1.92. The maximum atomic E-state index is 4.14. The molecule has 4 nitrogen and oxygen atoms in total. The van der Waals surface area contributed by atoms with E-state index in [-0.39, 0.29) is 0 Å². The fourth-order valence-corrected chi connectivity index (χ4v) is 1.86. The van der Waals surface area contributed by atoms with Gasteiger partial charge in [0.2, 0.25) is 0 Å². The molecule has 16 heavy (non-hydrogen) atoms. The topological polar surface area (TPSA) is 42.7 Å². The van der Waals surface area contributed by atoms with Crippen LogP contribution in [0.2, 0.25) is 0 Å². The average molecular weight is 222 g/mol. The molecule has 1 aromatic heterocycles. The normalized spacial score (nSPS) is 19.7. The van der Waals surface area contributed by atoms with Gasteiger partial charge in [0.1, 0.15) is 0 Å². The first-order valence-electron chi connectivity index (χ1n) is 6.23. The van der Waals surface area contributed by atoms with Crippen molar-refractivity contribution in [3.8, 4) is 0 Å². The molecule has 1 fully saturated rings. The zero-order chi connectivity index (χ0) is 11.5. The van der Waals surface area contributed by atoms with E-state index >= 15 is 0 Å². The Bertz CT molecular complexity index is 330. The highest BCUT2D eigenvalue weighted by atomic mass is 15.4. The van der Waals surface area contributed by atoms with Gasteiger partial charge in [-0.1, -0.05) is 19.1 Å². The molecule has 1 aliphatic rings. The van der Waals surface area contributed by atoms with Gasteiger partial charge in [0.05, 0.1) is 5.69 Å². The Morgan fingerprint density at radius 1 is 1.44 bits per heavy atom. The molecule has 0 amide bonds. The minimum atomic E-state index is 0.656. The van der Waals surface area contributed by atoms with Gasteiger partial charge in [-0.25, -0.2) is 0 Å². The lowest BCUT2D eigenvalue weighted by Crippen LogP contribution is -2.27. The Balaban J connectivity index is 1.74. The fourth-order valence-electron chi connectivity index (χ4n) is 1.86. The van der Waals surface area contributed by atoms with Gasteiger partial charge in [-0.05, 0) is 37.6 Å². The van der Waals surface area contributed by atoms with Crippen LogP contribution < -0.4 is 5.32 Å². The first kappa shape index (κ1) is 11.6. The van der Waals surface area contributed by atoms with E-state index in [4.69, 9.17) is 0 Å². The van der Waals surface area contributed by atoms with Crippen LogP contribution in [-0.4, -0.2) is 27.6 Å². The molecule has 2 unspecified atom stereocenters. The van der Waals surface area contributed by atoms with Gasteiger partial charge in [0.25, 0.3) is 0 Å². The van der Waals surface area contributed by atoms with Crippen molar-refractivity contribution in [2.45, 2.75) is 39.2 Å². The van der Waals surface area contributed by atoms with Crippen LogP contribution in [0.25, 0.3) is 0 Å². The highest BCUT2D eigenvalue weighted by molar-refractivity contribution is 4.94. The summed E-state index contributed by atoms with van der Waals surface area (Å²) in [5.41, 5.74) is 1.10. The van der Waals surface area contributed by atoms with Crippen molar-refractivity contribution in [2.75, 3.05) is 6.54 Å². The summed E-state index contributed by atoms with van der Waals surface area (Å²) < 4.78 is 1.77. The summed E-state index contributed by atoms with van der Waals surface area (Å²) in [6.45, 7) is 5.75. The van der Waals surface area contributed by atoms with Crippen LogP contribution >= 0.6 is 0 Å². The fraction of sp³-hybridized carbons (Fsp3) is 0.833. The standard InChI is InChI=1S/C12H22N4/c1-9(6-12-8-16(3)15-14-12)10(2)7-13-11-4-5-11/h8-11,13H,4-7H2,1-3H3. The molecule has 0 aliphatic heterocycles. The van der Waals surface area contributed by atoms with Crippen molar-refractivity contribution in [2.24, 2.45) is 18.9 Å². The van der Waals surface area contributed by atoms with Crippen LogP contribution in [0.3, 0.4) is 0 Å². The van der Waals surface area contributed by atoms with Gasteiger partial charge in [-0.2, -0.15) is 0 Å². The third-order valence-corrected chi connectivity index (χ3v) is 3.46. The first-order chi connectivity index (χ1) is 7.65. The summed E-state index contributed by atoms with van der Waals surface area (Å²) in [4.78, 5) is 0. The van der Waals surface area contributed by atoms with Crippen molar-refractivity contribution in [3.05, 3.63) is 11.9 Å². The lowest BCUT2D eigenvalue weighted by molar-refractivity contribution is 0.361. The third-order valence-electron chi connectivity index (χ3n) is 3.46. The number of rotatable bonds is 6. The molecule has 1 heterocycles. The summed E-state index contributed by atoms with van der Waals surface area (Å²) in [5.74, 6) is 1.35. The van der Waals surface area contributed by atoms with E-state index in [1.165, 1.54) is 12.8 Å². The summed E-state index contributed by atoms with van der Waals surface area (Å²) in [6, 6.07) is 0.811. The zero-order valence-electron chi connectivity index (χ0n) is 10.5. The Morgan fingerprint density at radius 3 is 2.75 bits per heavy atom. The zero-order valence-corrected chi connectivity index (χ0v) is 10.5. The molecule has 0 saturated heterocycles. The number of nitrogens with one attached hydrogen (secondary N) is 1. The first-order valence-corrected chi connectivity index (χ1v) is 6.23. The highest BCUT2D eigenvalue weighted by Crippen LogP contribution is 2.21. The molecule has 2 rings (SSSR count). The maximum absolute atomic E-state index is 4.14. The van der Waals surface area contributed by atoms with Crippen LogP contribution in [-0.2, 0) is 13.5 Å². The number of aryl methyl sites for hydroxylation is 1. The van der Waals surface area contributed by atoms with Gasteiger partial charge >= 0.3 is 0 Å². The second kappa shape index (κ2) is 4.95. The molecule has 1 N–H and O–H groups in total. The predicted molar refractivity (Wildman–Crippen MR) is 64.1 cm³/mol. The average Bonchev–Trinajstić information content (AvgIpc) is 2.99. The molecular formula is C12H22N4. The molecule has 4 heteroatoms. The second-order valence-electron chi connectivity index (χ2n) is 5.22. The Kier molecular flexibility index (Phi) is 3.59. The quantitative estimate of drug-likeness (QED) is 0.791. The number of aromatic nitrogens is 3. The predicted octanol–water partition coefficient (Wildman–Crippen LogP) is 1.38. The summed E-state index contributed by atoms with van der Waals surface area (Å²) >= 11 is 0. The van der Waals surface area contributed by atoms with E-state index in [9.17, 15) is 0 Å². The molecule has 0 spiro atoms. The monoisotopic (exact) mass is 222 g/mol. The van der Waals surface area contributed by atoms with E-state index < -0.39 is 0 Å². The van der Waals surface area contributed by atoms with Gasteiger partial charge < -0.3 is 5.32 Å². The minimum absolute atomic E-state index is 0.656. The van der Waals surface area contributed by atoms with Crippen molar-refractivity contribution in [1.82, 2.24) is 20.3 Å². The Labute approximate surface area is 97.4 Å². The maximum Gasteiger partial charge on any atom is 0.0829 e. The Hall–Kier alpha value is -0.900. The minimum Gasteiger partial charge on any atom is -0.314 e. The highest BCUT2D eigenvalue weighted by Gasteiger charge is 2.22. The molecule has 90 valence electrons. The van der Waals surface area contributed by atoms with E-state index in [1.54, 1.807) is 4.68 Å². The van der Waals surface area contributed by atoms with E-state index in [0.717, 1.165) is 24.7 Å². The summed E-state index contributed by atoms with van der Waals surface area (Å²) in [6.07, 6.45) is 5.77.